The van der Waals surface area contributed by atoms with Crippen molar-refractivity contribution in [3.05, 3.63) is 29.6 Å². The fraction of sp³-hybridized carbons (Fsp3) is 0.538. The maximum absolute atomic E-state index is 12.9. The average molecular weight is 256 g/mol. The highest BCUT2D eigenvalue weighted by Gasteiger charge is 2.11. The quantitative estimate of drug-likeness (QED) is 0.793. The molecule has 0 spiro atoms. The van der Waals surface area contributed by atoms with Crippen LogP contribution in [-0.2, 0) is 6.54 Å². The zero-order valence-electron chi connectivity index (χ0n) is 10.7. The van der Waals surface area contributed by atoms with E-state index < -0.39 is 0 Å². The van der Waals surface area contributed by atoms with E-state index in [0.29, 0.717) is 11.7 Å². The summed E-state index contributed by atoms with van der Waals surface area (Å²) in [5, 5.41) is 0. The van der Waals surface area contributed by atoms with Gasteiger partial charge in [0.2, 0.25) is 0 Å². The fourth-order valence-corrected chi connectivity index (χ4v) is 2.22. The van der Waals surface area contributed by atoms with Gasteiger partial charge in [0.05, 0.1) is 0 Å². The molecule has 0 heterocycles. The van der Waals surface area contributed by atoms with E-state index in [1.54, 1.807) is 6.07 Å². The topological polar surface area (TPSA) is 29.3 Å². The summed E-state index contributed by atoms with van der Waals surface area (Å²) < 4.78 is 12.9. The number of thioether (sulfide) groups is 1. The standard InChI is InChI=1S/C13H21FN2S/c1-10(6-7-17-3)16(2)9-11-4-5-12(14)8-13(11)15/h4-5,8,10H,6-7,9,15H2,1-3H3. The van der Waals surface area contributed by atoms with E-state index in [-0.39, 0.29) is 5.82 Å². The molecule has 2 N–H and O–H groups in total. The van der Waals surface area contributed by atoms with Crippen molar-refractivity contribution in [3.63, 3.8) is 0 Å². The lowest BCUT2D eigenvalue weighted by atomic mass is 10.1. The minimum Gasteiger partial charge on any atom is -0.398 e. The van der Waals surface area contributed by atoms with Crippen molar-refractivity contribution in [1.29, 1.82) is 0 Å². The molecule has 0 amide bonds. The molecule has 1 rings (SSSR count). The van der Waals surface area contributed by atoms with E-state index >= 15 is 0 Å². The van der Waals surface area contributed by atoms with Crippen LogP contribution in [0.3, 0.4) is 0 Å². The van der Waals surface area contributed by atoms with Crippen LogP contribution < -0.4 is 5.73 Å². The largest absolute Gasteiger partial charge is 0.398 e. The normalized spacial score (nSPS) is 13.0. The van der Waals surface area contributed by atoms with Gasteiger partial charge < -0.3 is 5.73 Å². The van der Waals surface area contributed by atoms with Crippen LogP contribution in [0.5, 0.6) is 0 Å². The van der Waals surface area contributed by atoms with Gasteiger partial charge in [-0.3, -0.25) is 4.90 Å². The molecule has 0 aliphatic heterocycles. The molecule has 1 unspecified atom stereocenters. The summed E-state index contributed by atoms with van der Waals surface area (Å²) in [6.07, 6.45) is 3.27. The van der Waals surface area contributed by atoms with Crippen LogP contribution in [0.15, 0.2) is 18.2 Å². The van der Waals surface area contributed by atoms with E-state index in [2.05, 4.69) is 25.1 Å². The third kappa shape index (κ3) is 4.56. The van der Waals surface area contributed by atoms with E-state index in [1.165, 1.54) is 12.1 Å². The zero-order chi connectivity index (χ0) is 12.8. The molecule has 0 bridgehead atoms. The SMILES string of the molecule is CSCCC(C)N(C)Cc1ccc(F)cc1N. The molecule has 0 aliphatic carbocycles. The van der Waals surface area contributed by atoms with Crippen molar-refractivity contribution in [3.8, 4) is 0 Å². The van der Waals surface area contributed by atoms with Gasteiger partial charge in [0.15, 0.2) is 0 Å². The number of rotatable bonds is 6. The molecule has 96 valence electrons. The number of benzene rings is 1. The lowest BCUT2D eigenvalue weighted by Crippen LogP contribution is -2.29. The molecule has 1 atom stereocenters. The first-order chi connectivity index (χ1) is 8.04. The minimum atomic E-state index is -0.274. The molecule has 0 saturated heterocycles. The highest BCUT2D eigenvalue weighted by Crippen LogP contribution is 2.17. The lowest BCUT2D eigenvalue weighted by Gasteiger charge is -2.25. The number of nitrogens with zero attached hydrogens (tertiary/aromatic N) is 1. The highest BCUT2D eigenvalue weighted by molar-refractivity contribution is 7.98. The average Bonchev–Trinajstić information content (AvgIpc) is 2.29. The highest BCUT2D eigenvalue weighted by atomic mass is 32.2. The Morgan fingerprint density at radius 2 is 2.18 bits per heavy atom. The predicted octanol–water partition coefficient (Wildman–Crippen LogP) is 2.98. The number of hydrogen-bond donors (Lipinski definition) is 1. The van der Waals surface area contributed by atoms with Gasteiger partial charge in [0.1, 0.15) is 5.82 Å². The molecular weight excluding hydrogens is 235 g/mol. The molecule has 1 aromatic rings. The van der Waals surface area contributed by atoms with Gasteiger partial charge in [-0.15, -0.1) is 0 Å². The van der Waals surface area contributed by atoms with Crippen LogP contribution in [0.1, 0.15) is 18.9 Å². The number of halogens is 1. The molecule has 0 radical (unpaired) electrons. The van der Waals surface area contributed by atoms with E-state index in [4.69, 9.17) is 5.73 Å². The van der Waals surface area contributed by atoms with Crippen LogP contribution in [0.2, 0.25) is 0 Å². The Morgan fingerprint density at radius 1 is 1.47 bits per heavy atom. The summed E-state index contributed by atoms with van der Waals surface area (Å²) in [6.45, 7) is 2.97. The third-order valence-corrected chi connectivity index (χ3v) is 3.66. The van der Waals surface area contributed by atoms with Gasteiger partial charge in [-0.25, -0.2) is 4.39 Å². The molecule has 0 aromatic heterocycles. The van der Waals surface area contributed by atoms with Crippen LogP contribution in [0, 0.1) is 5.82 Å². The first kappa shape index (κ1) is 14.3. The fourth-order valence-electron chi connectivity index (χ4n) is 1.64. The van der Waals surface area contributed by atoms with Crippen molar-refractivity contribution in [2.24, 2.45) is 0 Å². The van der Waals surface area contributed by atoms with Gasteiger partial charge in [0.25, 0.3) is 0 Å². The lowest BCUT2D eigenvalue weighted by molar-refractivity contribution is 0.245. The predicted molar refractivity (Wildman–Crippen MR) is 74.7 cm³/mol. The van der Waals surface area contributed by atoms with Gasteiger partial charge in [-0.1, -0.05) is 6.07 Å². The summed E-state index contributed by atoms with van der Waals surface area (Å²) in [5.74, 6) is 0.883. The molecule has 0 aliphatic rings. The van der Waals surface area contributed by atoms with Crippen molar-refractivity contribution < 1.29 is 4.39 Å². The van der Waals surface area contributed by atoms with Crippen molar-refractivity contribution >= 4 is 17.4 Å². The maximum atomic E-state index is 12.9. The van der Waals surface area contributed by atoms with E-state index in [0.717, 1.165) is 24.3 Å². The van der Waals surface area contributed by atoms with Crippen molar-refractivity contribution in [2.45, 2.75) is 25.9 Å². The van der Waals surface area contributed by atoms with Gasteiger partial charge in [0, 0.05) is 18.3 Å². The Balaban J connectivity index is 2.58. The molecule has 1 aromatic carbocycles. The van der Waals surface area contributed by atoms with Crippen molar-refractivity contribution in [1.82, 2.24) is 4.90 Å². The second-order valence-corrected chi connectivity index (χ2v) is 5.37. The van der Waals surface area contributed by atoms with Gasteiger partial charge >= 0.3 is 0 Å². The number of anilines is 1. The summed E-state index contributed by atoms with van der Waals surface area (Å²) in [4.78, 5) is 2.25. The second-order valence-electron chi connectivity index (χ2n) is 4.39. The Kier molecular flexibility index (Phi) is 5.78. The molecular formula is C13H21FN2S. The van der Waals surface area contributed by atoms with Crippen LogP contribution in [0.4, 0.5) is 10.1 Å². The molecule has 0 fully saturated rings. The number of nitrogens with two attached hydrogens (primary N) is 1. The second kappa shape index (κ2) is 6.87. The van der Waals surface area contributed by atoms with Crippen LogP contribution >= 0.6 is 11.8 Å². The van der Waals surface area contributed by atoms with E-state index in [9.17, 15) is 4.39 Å². The molecule has 17 heavy (non-hydrogen) atoms. The Labute approximate surface area is 107 Å². The minimum absolute atomic E-state index is 0.274. The smallest absolute Gasteiger partial charge is 0.125 e. The first-order valence-electron chi connectivity index (χ1n) is 5.77. The monoisotopic (exact) mass is 256 g/mol. The first-order valence-corrected chi connectivity index (χ1v) is 7.17. The van der Waals surface area contributed by atoms with Gasteiger partial charge in [-0.2, -0.15) is 11.8 Å². The van der Waals surface area contributed by atoms with Crippen LogP contribution in [0.25, 0.3) is 0 Å². The Bertz CT molecular complexity index is 357. The molecule has 0 saturated carbocycles. The Hall–Kier alpha value is -0.740. The molecule has 4 heteroatoms. The van der Waals surface area contributed by atoms with Crippen LogP contribution in [-0.4, -0.2) is 30.0 Å². The van der Waals surface area contributed by atoms with Crippen molar-refractivity contribution in [2.75, 3.05) is 24.8 Å². The van der Waals surface area contributed by atoms with Gasteiger partial charge in [-0.05, 0) is 50.1 Å². The third-order valence-electron chi connectivity index (χ3n) is 3.02. The van der Waals surface area contributed by atoms with E-state index in [1.807, 2.05) is 11.8 Å². The number of hydrogen-bond acceptors (Lipinski definition) is 3. The zero-order valence-corrected chi connectivity index (χ0v) is 11.6. The number of nitrogen functional groups attached to an aromatic ring is 1. The summed E-state index contributed by atoms with van der Waals surface area (Å²) in [6, 6.07) is 5.12. The summed E-state index contributed by atoms with van der Waals surface area (Å²) >= 11 is 1.86. The summed E-state index contributed by atoms with van der Waals surface area (Å²) in [7, 11) is 2.08. The molecule has 2 nitrogen and oxygen atoms in total. The maximum Gasteiger partial charge on any atom is 0.125 e. The Morgan fingerprint density at radius 3 is 2.76 bits per heavy atom. The summed E-state index contributed by atoms with van der Waals surface area (Å²) in [5.41, 5.74) is 7.33.